The van der Waals surface area contributed by atoms with Crippen LogP contribution in [0.15, 0.2) is 29.2 Å². The van der Waals surface area contributed by atoms with Crippen LogP contribution < -0.4 is 0 Å². The van der Waals surface area contributed by atoms with Crippen LogP contribution in [0.2, 0.25) is 0 Å². The van der Waals surface area contributed by atoms with Crippen molar-refractivity contribution in [3.05, 3.63) is 29.8 Å². The Balaban J connectivity index is 2.95. The highest BCUT2D eigenvalue weighted by atomic mass is 32.2. The van der Waals surface area contributed by atoms with E-state index in [0.717, 1.165) is 5.56 Å². The van der Waals surface area contributed by atoms with Crippen LogP contribution in [0.1, 0.15) is 39.2 Å². The summed E-state index contributed by atoms with van der Waals surface area (Å²) in [6.07, 6.45) is 0. The molecule has 0 radical (unpaired) electrons. The summed E-state index contributed by atoms with van der Waals surface area (Å²) in [5.41, 5.74) is 0.999. The van der Waals surface area contributed by atoms with Crippen LogP contribution >= 0.6 is 0 Å². The molecule has 96 valence electrons. The standard InChI is InChI=1S/C13H20O3S/c1-10(2)9-16-17(14,15)13-7-5-6-12(8-13)11(3)4/h5-8,10-11H,9H2,1-4H3. The quantitative estimate of drug-likeness (QED) is 0.760. The molecule has 0 unspecified atom stereocenters. The summed E-state index contributed by atoms with van der Waals surface area (Å²) >= 11 is 0. The lowest BCUT2D eigenvalue weighted by Gasteiger charge is -2.10. The van der Waals surface area contributed by atoms with Crippen LogP contribution in [-0.4, -0.2) is 15.0 Å². The number of rotatable bonds is 5. The number of hydrogen-bond donors (Lipinski definition) is 0. The van der Waals surface area contributed by atoms with Crippen molar-refractivity contribution in [2.24, 2.45) is 5.92 Å². The molecule has 0 aromatic heterocycles. The summed E-state index contributed by atoms with van der Waals surface area (Å²) in [5, 5.41) is 0. The van der Waals surface area contributed by atoms with E-state index in [1.807, 2.05) is 33.8 Å². The molecule has 1 aromatic carbocycles. The van der Waals surface area contributed by atoms with Gasteiger partial charge in [-0.1, -0.05) is 39.8 Å². The van der Waals surface area contributed by atoms with Gasteiger partial charge >= 0.3 is 0 Å². The molecule has 0 bridgehead atoms. The van der Waals surface area contributed by atoms with E-state index in [-0.39, 0.29) is 17.4 Å². The van der Waals surface area contributed by atoms with Gasteiger partial charge in [0, 0.05) is 0 Å². The molecule has 0 aliphatic rings. The maximum absolute atomic E-state index is 11.9. The second kappa shape index (κ2) is 5.65. The van der Waals surface area contributed by atoms with Gasteiger partial charge in [0.1, 0.15) is 0 Å². The Morgan fingerprint density at radius 3 is 2.35 bits per heavy atom. The van der Waals surface area contributed by atoms with Gasteiger partial charge in [0.25, 0.3) is 10.1 Å². The van der Waals surface area contributed by atoms with Crippen LogP contribution in [0.4, 0.5) is 0 Å². The molecule has 4 heteroatoms. The molecule has 1 aromatic rings. The molecular formula is C13H20O3S. The highest BCUT2D eigenvalue weighted by Crippen LogP contribution is 2.20. The van der Waals surface area contributed by atoms with Crippen molar-refractivity contribution >= 4 is 10.1 Å². The Hall–Kier alpha value is -0.870. The van der Waals surface area contributed by atoms with Crippen molar-refractivity contribution in [2.45, 2.75) is 38.5 Å². The van der Waals surface area contributed by atoms with Gasteiger partial charge < -0.3 is 0 Å². The van der Waals surface area contributed by atoms with Crippen molar-refractivity contribution in [2.75, 3.05) is 6.61 Å². The van der Waals surface area contributed by atoms with E-state index in [0.29, 0.717) is 5.92 Å². The van der Waals surface area contributed by atoms with E-state index in [1.54, 1.807) is 18.2 Å². The molecule has 0 aliphatic heterocycles. The Labute approximate surface area is 104 Å². The molecule has 0 spiro atoms. The maximum atomic E-state index is 11.9. The van der Waals surface area contributed by atoms with Crippen LogP contribution in [-0.2, 0) is 14.3 Å². The van der Waals surface area contributed by atoms with Crippen molar-refractivity contribution in [3.8, 4) is 0 Å². The highest BCUT2D eigenvalue weighted by molar-refractivity contribution is 7.86. The fourth-order valence-electron chi connectivity index (χ4n) is 1.32. The lowest BCUT2D eigenvalue weighted by atomic mass is 10.0. The van der Waals surface area contributed by atoms with E-state index < -0.39 is 10.1 Å². The Morgan fingerprint density at radius 2 is 1.82 bits per heavy atom. The fourth-order valence-corrected chi connectivity index (χ4v) is 2.44. The van der Waals surface area contributed by atoms with Gasteiger partial charge in [0.15, 0.2) is 0 Å². The monoisotopic (exact) mass is 256 g/mol. The third-order valence-corrected chi connectivity index (χ3v) is 3.65. The summed E-state index contributed by atoms with van der Waals surface area (Å²) in [5.74, 6) is 0.494. The average molecular weight is 256 g/mol. The lowest BCUT2D eigenvalue weighted by Crippen LogP contribution is -2.11. The van der Waals surface area contributed by atoms with E-state index in [1.165, 1.54) is 0 Å². The van der Waals surface area contributed by atoms with Gasteiger partial charge in [-0.3, -0.25) is 4.18 Å². The van der Waals surface area contributed by atoms with Gasteiger partial charge in [-0.15, -0.1) is 0 Å². The number of benzene rings is 1. The molecule has 0 N–H and O–H groups in total. The molecule has 0 saturated heterocycles. The SMILES string of the molecule is CC(C)COS(=O)(=O)c1cccc(C(C)C)c1. The molecule has 0 aliphatic carbocycles. The fraction of sp³-hybridized carbons (Fsp3) is 0.538. The van der Waals surface area contributed by atoms with Crippen molar-refractivity contribution in [3.63, 3.8) is 0 Å². The lowest BCUT2D eigenvalue weighted by molar-refractivity contribution is 0.275. The predicted molar refractivity (Wildman–Crippen MR) is 68.5 cm³/mol. The predicted octanol–water partition coefficient (Wildman–Crippen LogP) is 3.17. The largest absolute Gasteiger partial charge is 0.296 e. The third-order valence-electron chi connectivity index (χ3n) is 2.37. The van der Waals surface area contributed by atoms with Crippen molar-refractivity contribution in [1.82, 2.24) is 0 Å². The van der Waals surface area contributed by atoms with Crippen LogP contribution in [0.25, 0.3) is 0 Å². The van der Waals surface area contributed by atoms with E-state index >= 15 is 0 Å². The molecule has 17 heavy (non-hydrogen) atoms. The minimum absolute atomic E-state index is 0.193. The summed E-state index contributed by atoms with van der Waals surface area (Å²) < 4.78 is 28.8. The van der Waals surface area contributed by atoms with Gasteiger partial charge in [-0.25, -0.2) is 0 Å². The first-order valence-electron chi connectivity index (χ1n) is 5.82. The van der Waals surface area contributed by atoms with E-state index in [9.17, 15) is 8.42 Å². The second-order valence-corrected chi connectivity index (χ2v) is 6.48. The molecular weight excluding hydrogens is 236 g/mol. The Bertz CT molecular complexity index is 461. The first kappa shape index (κ1) is 14.2. The Morgan fingerprint density at radius 1 is 1.18 bits per heavy atom. The summed E-state index contributed by atoms with van der Waals surface area (Å²) in [7, 11) is -3.61. The van der Waals surface area contributed by atoms with Crippen molar-refractivity contribution in [1.29, 1.82) is 0 Å². The van der Waals surface area contributed by atoms with Crippen LogP contribution in [0.3, 0.4) is 0 Å². The molecule has 0 heterocycles. The smallest absolute Gasteiger partial charge is 0.266 e. The van der Waals surface area contributed by atoms with Crippen molar-refractivity contribution < 1.29 is 12.6 Å². The summed E-state index contributed by atoms with van der Waals surface area (Å²) in [6, 6.07) is 6.93. The first-order valence-corrected chi connectivity index (χ1v) is 7.23. The molecule has 0 saturated carbocycles. The average Bonchev–Trinajstić information content (AvgIpc) is 2.27. The highest BCUT2D eigenvalue weighted by Gasteiger charge is 2.16. The third kappa shape index (κ3) is 4.13. The minimum atomic E-state index is -3.61. The van der Waals surface area contributed by atoms with Gasteiger partial charge in [-0.05, 0) is 29.5 Å². The normalized spacial score (nSPS) is 12.4. The summed E-state index contributed by atoms with van der Waals surface area (Å²) in [4.78, 5) is 0.240. The molecule has 1 rings (SSSR count). The zero-order chi connectivity index (χ0) is 13.1. The first-order chi connectivity index (χ1) is 7.83. The second-order valence-electron chi connectivity index (χ2n) is 4.86. The van der Waals surface area contributed by atoms with E-state index in [4.69, 9.17) is 4.18 Å². The molecule has 3 nitrogen and oxygen atoms in total. The summed E-state index contributed by atoms with van der Waals surface area (Å²) in [6.45, 7) is 8.11. The van der Waals surface area contributed by atoms with Crippen LogP contribution in [0, 0.1) is 5.92 Å². The van der Waals surface area contributed by atoms with E-state index in [2.05, 4.69) is 0 Å². The Kier molecular flexibility index (Phi) is 4.71. The maximum Gasteiger partial charge on any atom is 0.296 e. The molecule has 0 fully saturated rings. The minimum Gasteiger partial charge on any atom is -0.266 e. The zero-order valence-electron chi connectivity index (χ0n) is 10.8. The van der Waals surface area contributed by atoms with Crippen LogP contribution in [0.5, 0.6) is 0 Å². The number of hydrogen-bond acceptors (Lipinski definition) is 3. The van der Waals surface area contributed by atoms with Gasteiger partial charge in [0.05, 0.1) is 11.5 Å². The topological polar surface area (TPSA) is 43.4 Å². The van der Waals surface area contributed by atoms with Gasteiger partial charge in [0.2, 0.25) is 0 Å². The zero-order valence-corrected chi connectivity index (χ0v) is 11.6. The molecule has 0 amide bonds. The molecule has 0 atom stereocenters. The van der Waals surface area contributed by atoms with Gasteiger partial charge in [-0.2, -0.15) is 8.42 Å².